The second-order valence-corrected chi connectivity index (χ2v) is 9.66. The number of carbonyl (C=O) groups excluding carboxylic acids is 3. The minimum Gasteiger partial charge on any atom is -0.465 e. The number of hydrogen-bond acceptors (Lipinski definition) is 7. The Morgan fingerprint density at radius 3 is 2.26 bits per heavy atom. The van der Waals surface area contributed by atoms with Gasteiger partial charge in [0.25, 0.3) is 5.91 Å². The third kappa shape index (κ3) is 9.11. The fraction of sp³-hybridized carbons (Fsp3) is 0.300. The summed E-state index contributed by atoms with van der Waals surface area (Å²) >= 11 is 0. The van der Waals surface area contributed by atoms with Gasteiger partial charge in [0.1, 0.15) is 5.69 Å². The number of pyridine rings is 1. The average molecular weight is 575 g/mol. The molecule has 0 spiro atoms. The fourth-order valence-electron chi connectivity index (χ4n) is 4.43. The van der Waals surface area contributed by atoms with E-state index in [2.05, 4.69) is 25.8 Å². The summed E-state index contributed by atoms with van der Waals surface area (Å²) in [6, 6.07) is 18.1. The van der Waals surface area contributed by atoms with Crippen LogP contribution in [0.1, 0.15) is 32.8 Å². The van der Waals surface area contributed by atoms with Gasteiger partial charge < -0.3 is 25.4 Å². The number of ketones is 1. The first-order chi connectivity index (χ1) is 20.4. The third-order valence-corrected chi connectivity index (χ3v) is 6.64. The molecule has 3 aromatic rings. The van der Waals surface area contributed by atoms with E-state index in [9.17, 15) is 19.2 Å². The van der Waals surface area contributed by atoms with Crippen LogP contribution >= 0.6 is 0 Å². The predicted molar refractivity (Wildman–Crippen MR) is 157 cm³/mol. The number of benzene rings is 2. The molecule has 2 aromatic carbocycles. The monoisotopic (exact) mass is 574 g/mol. The van der Waals surface area contributed by atoms with Crippen molar-refractivity contribution in [3.63, 3.8) is 0 Å². The number of morpholine rings is 1. The molecular formula is C30H34N6O6. The Labute approximate surface area is 243 Å². The lowest BCUT2D eigenvalue weighted by molar-refractivity contribution is 0.0364. The van der Waals surface area contributed by atoms with Crippen molar-refractivity contribution in [1.29, 1.82) is 0 Å². The van der Waals surface area contributed by atoms with E-state index in [0.717, 1.165) is 26.1 Å². The van der Waals surface area contributed by atoms with E-state index in [-0.39, 0.29) is 36.3 Å². The highest BCUT2D eigenvalue weighted by Gasteiger charge is 2.18. The molecule has 0 aliphatic carbocycles. The maximum atomic E-state index is 13.1. The van der Waals surface area contributed by atoms with Crippen molar-refractivity contribution in [2.45, 2.75) is 13.0 Å². The summed E-state index contributed by atoms with van der Waals surface area (Å²) in [6.45, 7) is 4.46. The van der Waals surface area contributed by atoms with Crippen LogP contribution in [0, 0.1) is 0 Å². The quantitative estimate of drug-likeness (QED) is 0.240. The number of carboxylic acid groups (broad SMARTS) is 1. The Bertz CT molecular complexity index is 1360. The lowest BCUT2D eigenvalue weighted by Gasteiger charge is -2.28. The van der Waals surface area contributed by atoms with Gasteiger partial charge >= 0.3 is 12.1 Å². The number of carbonyl (C=O) groups is 4. The molecule has 1 aliphatic heterocycles. The lowest BCUT2D eigenvalue weighted by Crippen LogP contribution is -2.43. The van der Waals surface area contributed by atoms with Crippen molar-refractivity contribution in [1.82, 2.24) is 20.1 Å². The minimum absolute atomic E-state index is 0.126. The Kier molecular flexibility index (Phi) is 11.0. The van der Waals surface area contributed by atoms with Gasteiger partial charge in [0.05, 0.1) is 31.1 Å². The van der Waals surface area contributed by atoms with Gasteiger partial charge in [-0.2, -0.15) is 0 Å². The summed E-state index contributed by atoms with van der Waals surface area (Å²) in [6.07, 6.45) is 1.01. The number of rotatable bonds is 12. The van der Waals surface area contributed by atoms with E-state index < -0.39 is 12.0 Å². The van der Waals surface area contributed by atoms with Crippen LogP contribution < -0.4 is 16.0 Å². The summed E-state index contributed by atoms with van der Waals surface area (Å²) in [5.41, 5.74) is 1.88. The Balaban J connectivity index is 1.38. The number of Topliss-reactive ketones (excluding diaryl/α,β-unsaturated/α-hetero) is 1. The van der Waals surface area contributed by atoms with Crippen molar-refractivity contribution < 1.29 is 29.0 Å². The van der Waals surface area contributed by atoms with Crippen LogP contribution in [0.15, 0.2) is 72.9 Å². The first-order valence-corrected chi connectivity index (χ1v) is 13.7. The number of urea groups is 1. The highest BCUT2D eigenvalue weighted by Crippen LogP contribution is 2.21. The Morgan fingerprint density at radius 2 is 1.60 bits per heavy atom. The third-order valence-electron chi connectivity index (χ3n) is 6.64. The molecule has 4 rings (SSSR count). The maximum absolute atomic E-state index is 13.1. The zero-order chi connectivity index (χ0) is 29.7. The van der Waals surface area contributed by atoms with Gasteiger partial charge in [-0.15, -0.1) is 0 Å². The molecule has 0 atom stereocenters. The number of amides is 4. The molecule has 220 valence electrons. The molecule has 42 heavy (non-hydrogen) atoms. The van der Waals surface area contributed by atoms with Gasteiger partial charge in [0.15, 0.2) is 5.78 Å². The van der Waals surface area contributed by atoms with E-state index in [4.69, 9.17) is 9.84 Å². The maximum Gasteiger partial charge on any atom is 0.409 e. The van der Waals surface area contributed by atoms with Gasteiger partial charge in [-0.25, -0.2) is 9.59 Å². The van der Waals surface area contributed by atoms with Crippen molar-refractivity contribution in [2.24, 2.45) is 0 Å². The zero-order valence-electron chi connectivity index (χ0n) is 23.1. The molecule has 0 saturated carbocycles. The molecule has 12 heteroatoms. The molecule has 0 radical (unpaired) electrons. The first kappa shape index (κ1) is 30.2. The van der Waals surface area contributed by atoms with Gasteiger partial charge in [0.2, 0.25) is 0 Å². The second-order valence-electron chi connectivity index (χ2n) is 9.66. The van der Waals surface area contributed by atoms with Crippen molar-refractivity contribution in [3.8, 4) is 0 Å². The average Bonchev–Trinajstić information content (AvgIpc) is 3.01. The topological polar surface area (TPSA) is 153 Å². The van der Waals surface area contributed by atoms with E-state index >= 15 is 0 Å². The van der Waals surface area contributed by atoms with Gasteiger partial charge in [-0.3, -0.25) is 24.8 Å². The minimum atomic E-state index is -1.25. The fourth-order valence-corrected chi connectivity index (χ4v) is 4.43. The summed E-state index contributed by atoms with van der Waals surface area (Å²) in [5.74, 6) is -0.699. The van der Waals surface area contributed by atoms with Crippen LogP contribution in [0.5, 0.6) is 0 Å². The number of anilines is 2. The number of nitrogens with zero attached hydrogens (tertiary/aromatic N) is 3. The zero-order valence-corrected chi connectivity index (χ0v) is 23.1. The first-order valence-electron chi connectivity index (χ1n) is 13.7. The SMILES string of the molecule is O=C(O)Nc1ccccc1NC(=O)c1ccc(CN(CCCN2CCOCC2)C(=O)NCC(=O)c2ccccc2)cn1. The molecule has 0 bridgehead atoms. The summed E-state index contributed by atoms with van der Waals surface area (Å²) in [4.78, 5) is 57.7. The number of aromatic nitrogens is 1. The molecule has 1 fully saturated rings. The smallest absolute Gasteiger partial charge is 0.409 e. The van der Waals surface area contributed by atoms with Crippen molar-refractivity contribution in [3.05, 3.63) is 89.7 Å². The molecule has 1 aromatic heterocycles. The van der Waals surface area contributed by atoms with E-state index in [1.165, 1.54) is 12.3 Å². The van der Waals surface area contributed by atoms with Crippen LogP contribution in [0.3, 0.4) is 0 Å². The van der Waals surface area contributed by atoms with Crippen LogP contribution in [0.2, 0.25) is 0 Å². The molecule has 0 unspecified atom stereocenters. The van der Waals surface area contributed by atoms with Crippen LogP contribution in [0.4, 0.5) is 21.0 Å². The van der Waals surface area contributed by atoms with Gasteiger partial charge in [0, 0.05) is 44.5 Å². The number of nitrogens with one attached hydrogen (secondary N) is 3. The number of para-hydroxylation sites is 2. The molecule has 4 amide bonds. The molecule has 12 nitrogen and oxygen atoms in total. The van der Waals surface area contributed by atoms with Gasteiger partial charge in [-0.05, 0) is 30.2 Å². The second kappa shape index (κ2) is 15.3. The van der Waals surface area contributed by atoms with Crippen molar-refractivity contribution in [2.75, 3.05) is 56.6 Å². The van der Waals surface area contributed by atoms with E-state index in [1.54, 1.807) is 59.5 Å². The van der Waals surface area contributed by atoms with Crippen LogP contribution in [-0.2, 0) is 11.3 Å². The molecule has 2 heterocycles. The molecule has 4 N–H and O–H groups in total. The summed E-state index contributed by atoms with van der Waals surface area (Å²) in [5, 5.41) is 16.7. The highest BCUT2D eigenvalue weighted by molar-refractivity contribution is 6.05. The van der Waals surface area contributed by atoms with E-state index in [0.29, 0.717) is 36.6 Å². The highest BCUT2D eigenvalue weighted by atomic mass is 16.5. The normalized spacial score (nSPS) is 13.1. The standard InChI is InChI=1S/C30H34N6O6/c37-27(23-7-2-1-3-8-23)20-32-29(39)36(14-6-13-35-15-17-42-18-16-35)21-22-11-12-26(31-19-22)28(38)33-24-9-4-5-10-25(24)34-30(40)41/h1-5,7-12,19,34H,6,13-18,20-21H2,(H,32,39)(H,33,38)(H,40,41). The molecular weight excluding hydrogens is 540 g/mol. The lowest BCUT2D eigenvalue weighted by atomic mass is 10.1. The number of hydrogen-bond donors (Lipinski definition) is 4. The van der Waals surface area contributed by atoms with E-state index in [1.807, 2.05) is 6.07 Å². The predicted octanol–water partition coefficient (Wildman–Crippen LogP) is 3.54. The molecule has 1 saturated heterocycles. The number of ether oxygens (including phenoxy) is 1. The van der Waals surface area contributed by atoms with Crippen molar-refractivity contribution >= 4 is 35.2 Å². The van der Waals surface area contributed by atoms with Crippen LogP contribution in [-0.4, -0.2) is 89.6 Å². The van der Waals surface area contributed by atoms with Gasteiger partial charge in [-0.1, -0.05) is 48.5 Å². The Hall–Kier alpha value is -4.81. The van der Waals surface area contributed by atoms with Crippen LogP contribution in [0.25, 0.3) is 0 Å². The molecule has 1 aliphatic rings. The summed E-state index contributed by atoms with van der Waals surface area (Å²) in [7, 11) is 0. The summed E-state index contributed by atoms with van der Waals surface area (Å²) < 4.78 is 5.41. The Morgan fingerprint density at radius 1 is 0.905 bits per heavy atom. The largest absolute Gasteiger partial charge is 0.465 e.